The maximum atomic E-state index is 11.3. The second kappa shape index (κ2) is 6.52. The van der Waals surface area contributed by atoms with Gasteiger partial charge in [-0.25, -0.2) is 4.79 Å². The number of benzene rings is 1. The van der Waals surface area contributed by atoms with Crippen LogP contribution in [0, 0.1) is 5.92 Å². The van der Waals surface area contributed by atoms with Crippen molar-refractivity contribution in [3.63, 3.8) is 0 Å². The number of nitrogens with one attached hydrogen (secondary N) is 1. The molecule has 0 aliphatic rings. The highest BCUT2D eigenvalue weighted by Gasteiger charge is 2.11. The van der Waals surface area contributed by atoms with Gasteiger partial charge in [-0.3, -0.25) is 4.79 Å². The smallest absolute Gasteiger partial charge is 0.412 e. The lowest BCUT2D eigenvalue weighted by molar-refractivity contribution is -0.141. The van der Waals surface area contributed by atoms with Gasteiger partial charge in [0.1, 0.15) is 5.75 Å². The van der Waals surface area contributed by atoms with Crippen molar-refractivity contribution < 1.29 is 19.4 Å². The minimum Gasteiger partial charge on any atom is -0.481 e. The molecule has 0 radical (unpaired) electrons. The molecule has 0 saturated heterocycles. The number of rotatable bonds is 5. The quantitative estimate of drug-likeness (QED) is 0.819. The van der Waals surface area contributed by atoms with E-state index in [1.165, 1.54) is 0 Å². The van der Waals surface area contributed by atoms with E-state index in [0.717, 1.165) is 0 Å². The van der Waals surface area contributed by atoms with Crippen LogP contribution in [0.4, 0.5) is 4.79 Å². The number of aliphatic carboxylic acids is 1. The van der Waals surface area contributed by atoms with E-state index in [1.54, 1.807) is 31.2 Å². The highest BCUT2D eigenvalue weighted by Crippen LogP contribution is 2.08. The largest absolute Gasteiger partial charge is 0.481 e. The van der Waals surface area contributed by atoms with Crippen LogP contribution in [-0.4, -0.2) is 23.7 Å². The maximum absolute atomic E-state index is 11.3. The number of carbonyl (C=O) groups is 2. The summed E-state index contributed by atoms with van der Waals surface area (Å²) in [7, 11) is 0. The summed E-state index contributed by atoms with van der Waals surface area (Å²) in [6, 6.07) is 8.67. The monoisotopic (exact) mass is 237 g/mol. The van der Waals surface area contributed by atoms with Gasteiger partial charge < -0.3 is 15.2 Å². The number of ether oxygens (including phenoxy) is 1. The molecule has 92 valence electrons. The molecule has 0 heterocycles. The van der Waals surface area contributed by atoms with Crippen molar-refractivity contribution in [2.24, 2.45) is 5.92 Å². The Morgan fingerprint density at radius 3 is 2.59 bits per heavy atom. The van der Waals surface area contributed by atoms with Gasteiger partial charge >= 0.3 is 12.1 Å². The van der Waals surface area contributed by atoms with Crippen molar-refractivity contribution in [2.45, 2.75) is 13.3 Å². The van der Waals surface area contributed by atoms with Crippen LogP contribution in [0.3, 0.4) is 0 Å². The third-order valence-electron chi connectivity index (χ3n) is 2.22. The number of carboxylic acid groups (broad SMARTS) is 1. The van der Waals surface area contributed by atoms with Crippen LogP contribution in [0.2, 0.25) is 0 Å². The minimum atomic E-state index is -0.872. The highest BCUT2D eigenvalue weighted by molar-refractivity contribution is 5.71. The fraction of sp³-hybridized carbons (Fsp3) is 0.333. The summed E-state index contributed by atoms with van der Waals surface area (Å²) < 4.78 is 4.96. The summed E-state index contributed by atoms with van der Waals surface area (Å²) in [6.45, 7) is 1.87. The minimum absolute atomic E-state index is 0.277. The van der Waals surface area contributed by atoms with Gasteiger partial charge in [0.05, 0.1) is 5.92 Å². The topological polar surface area (TPSA) is 75.6 Å². The van der Waals surface area contributed by atoms with Gasteiger partial charge in [-0.05, 0) is 18.6 Å². The first kappa shape index (κ1) is 13.0. The molecule has 1 rings (SSSR count). The van der Waals surface area contributed by atoms with Crippen molar-refractivity contribution in [2.75, 3.05) is 6.54 Å². The molecular weight excluding hydrogens is 222 g/mol. The Kier molecular flexibility index (Phi) is 5.00. The van der Waals surface area contributed by atoms with Crippen LogP contribution < -0.4 is 10.1 Å². The Balaban J connectivity index is 2.25. The van der Waals surface area contributed by atoms with Gasteiger partial charge in [-0.1, -0.05) is 25.1 Å². The summed E-state index contributed by atoms with van der Waals surface area (Å²) >= 11 is 0. The van der Waals surface area contributed by atoms with Crippen molar-refractivity contribution in [1.82, 2.24) is 5.32 Å². The number of carboxylic acids is 1. The van der Waals surface area contributed by atoms with Crippen LogP contribution >= 0.6 is 0 Å². The Labute approximate surface area is 99.4 Å². The van der Waals surface area contributed by atoms with Gasteiger partial charge in [0.25, 0.3) is 0 Å². The Morgan fingerprint density at radius 2 is 2.00 bits per heavy atom. The van der Waals surface area contributed by atoms with E-state index in [4.69, 9.17) is 9.84 Å². The molecule has 0 aliphatic carbocycles. The third kappa shape index (κ3) is 5.01. The number of hydrogen-bond acceptors (Lipinski definition) is 3. The van der Waals surface area contributed by atoms with Gasteiger partial charge in [0.2, 0.25) is 0 Å². The molecule has 2 N–H and O–H groups in total. The Morgan fingerprint density at radius 1 is 1.35 bits per heavy atom. The first-order valence-electron chi connectivity index (χ1n) is 5.33. The van der Waals surface area contributed by atoms with Crippen molar-refractivity contribution in [3.8, 4) is 5.75 Å². The Bertz CT molecular complexity index is 377. The van der Waals surface area contributed by atoms with E-state index in [9.17, 15) is 9.59 Å². The molecule has 0 aromatic heterocycles. The SMILES string of the molecule is CC(CCNC(=O)Oc1ccccc1)C(=O)O. The number of para-hydroxylation sites is 1. The number of carbonyl (C=O) groups excluding carboxylic acids is 1. The number of amides is 1. The Hall–Kier alpha value is -2.04. The van der Waals surface area contributed by atoms with E-state index in [0.29, 0.717) is 12.2 Å². The number of hydrogen-bond donors (Lipinski definition) is 2. The molecule has 1 atom stereocenters. The van der Waals surface area contributed by atoms with Gasteiger partial charge in [-0.2, -0.15) is 0 Å². The van der Waals surface area contributed by atoms with Crippen LogP contribution in [0.15, 0.2) is 30.3 Å². The molecule has 1 unspecified atom stereocenters. The van der Waals surface area contributed by atoms with Gasteiger partial charge in [0.15, 0.2) is 0 Å². The van der Waals surface area contributed by atoms with Gasteiger partial charge in [-0.15, -0.1) is 0 Å². The molecule has 17 heavy (non-hydrogen) atoms. The molecule has 0 bridgehead atoms. The average Bonchev–Trinajstić information content (AvgIpc) is 2.30. The molecule has 0 aliphatic heterocycles. The highest BCUT2D eigenvalue weighted by atomic mass is 16.6. The zero-order valence-corrected chi connectivity index (χ0v) is 9.55. The normalized spacial score (nSPS) is 11.6. The molecule has 1 aromatic rings. The fourth-order valence-electron chi connectivity index (χ4n) is 1.15. The predicted octanol–water partition coefficient (Wildman–Crippen LogP) is 1.89. The molecule has 5 nitrogen and oxygen atoms in total. The predicted molar refractivity (Wildman–Crippen MR) is 61.9 cm³/mol. The van der Waals surface area contributed by atoms with E-state index < -0.39 is 18.0 Å². The van der Waals surface area contributed by atoms with Gasteiger partial charge in [0, 0.05) is 6.54 Å². The van der Waals surface area contributed by atoms with Crippen molar-refractivity contribution >= 4 is 12.1 Å². The zero-order chi connectivity index (χ0) is 12.7. The lowest BCUT2D eigenvalue weighted by Gasteiger charge is -2.08. The standard InChI is InChI=1S/C12H15NO4/c1-9(11(14)15)7-8-13-12(16)17-10-5-3-2-4-6-10/h2-6,9H,7-8H2,1H3,(H,13,16)(H,14,15). The summed E-state index contributed by atoms with van der Waals surface area (Å²) in [4.78, 5) is 21.8. The third-order valence-corrected chi connectivity index (χ3v) is 2.22. The van der Waals surface area contributed by atoms with E-state index >= 15 is 0 Å². The van der Waals surface area contributed by atoms with Crippen LogP contribution in [0.1, 0.15) is 13.3 Å². The molecule has 0 spiro atoms. The van der Waals surface area contributed by atoms with Crippen molar-refractivity contribution in [1.29, 1.82) is 0 Å². The molecule has 1 aromatic carbocycles. The second-order valence-corrected chi connectivity index (χ2v) is 3.66. The zero-order valence-electron chi connectivity index (χ0n) is 9.55. The average molecular weight is 237 g/mol. The first-order chi connectivity index (χ1) is 8.09. The first-order valence-corrected chi connectivity index (χ1v) is 5.33. The molecule has 0 saturated carbocycles. The van der Waals surface area contributed by atoms with E-state index in [2.05, 4.69) is 5.32 Å². The summed E-state index contributed by atoms with van der Waals surface area (Å²) in [5.41, 5.74) is 0. The summed E-state index contributed by atoms with van der Waals surface area (Å²) in [5, 5.41) is 11.1. The van der Waals surface area contributed by atoms with E-state index in [1.807, 2.05) is 6.07 Å². The summed E-state index contributed by atoms with van der Waals surface area (Å²) in [6.07, 6.45) is -0.201. The second-order valence-electron chi connectivity index (χ2n) is 3.66. The maximum Gasteiger partial charge on any atom is 0.412 e. The lowest BCUT2D eigenvalue weighted by Crippen LogP contribution is -2.29. The molecular formula is C12H15NO4. The molecule has 5 heteroatoms. The fourth-order valence-corrected chi connectivity index (χ4v) is 1.15. The van der Waals surface area contributed by atoms with Crippen LogP contribution in [0.5, 0.6) is 5.75 Å². The molecule has 1 amide bonds. The lowest BCUT2D eigenvalue weighted by atomic mass is 10.1. The van der Waals surface area contributed by atoms with Crippen LogP contribution in [-0.2, 0) is 4.79 Å². The molecule has 0 fully saturated rings. The van der Waals surface area contributed by atoms with E-state index in [-0.39, 0.29) is 6.54 Å². The van der Waals surface area contributed by atoms with Crippen LogP contribution in [0.25, 0.3) is 0 Å². The van der Waals surface area contributed by atoms with Crippen molar-refractivity contribution in [3.05, 3.63) is 30.3 Å². The summed E-state index contributed by atoms with van der Waals surface area (Å²) in [5.74, 6) is -0.897.